The Labute approximate surface area is 167 Å². The minimum atomic E-state index is -0.396. The lowest BCUT2D eigenvalue weighted by atomic mass is 10.2. The van der Waals surface area contributed by atoms with Crippen LogP contribution in [0.1, 0.15) is 22.8 Å². The van der Waals surface area contributed by atoms with Crippen LogP contribution in [0.5, 0.6) is 11.5 Å². The Hall–Kier alpha value is -3.81. The number of hydrogen-bond acceptors (Lipinski definition) is 8. The van der Waals surface area contributed by atoms with E-state index in [-0.39, 0.29) is 6.79 Å². The molecule has 8 heteroatoms. The van der Waals surface area contributed by atoms with E-state index in [9.17, 15) is 4.79 Å². The van der Waals surface area contributed by atoms with Crippen molar-refractivity contribution in [2.24, 2.45) is 0 Å². The number of fused-ring (bicyclic) bond motifs is 1. The minimum absolute atomic E-state index is 0.250. The molecule has 2 N–H and O–H groups in total. The van der Waals surface area contributed by atoms with Crippen molar-refractivity contribution in [1.29, 1.82) is 0 Å². The summed E-state index contributed by atoms with van der Waals surface area (Å²) in [6, 6.07) is 14.6. The van der Waals surface area contributed by atoms with Gasteiger partial charge >= 0.3 is 5.97 Å². The fraction of sp³-hybridized carbons (Fsp3) is 0.190. The molecule has 0 saturated carbocycles. The Kier molecular flexibility index (Phi) is 5.42. The fourth-order valence-corrected chi connectivity index (χ4v) is 2.86. The number of rotatable bonds is 7. The van der Waals surface area contributed by atoms with Gasteiger partial charge in [-0.25, -0.2) is 9.78 Å². The van der Waals surface area contributed by atoms with Gasteiger partial charge in [0.15, 0.2) is 11.5 Å². The summed E-state index contributed by atoms with van der Waals surface area (Å²) in [4.78, 5) is 20.8. The second-order valence-corrected chi connectivity index (χ2v) is 6.20. The van der Waals surface area contributed by atoms with Crippen molar-refractivity contribution in [1.82, 2.24) is 9.97 Å². The first-order valence-corrected chi connectivity index (χ1v) is 9.21. The van der Waals surface area contributed by atoms with Crippen molar-refractivity contribution in [3.8, 4) is 11.5 Å². The molecule has 0 saturated heterocycles. The van der Waals surface area contributed by atoms with Gasteiger partial charge in [-0.15, -0.1) is 0 Å². The first-order chi connectivity index (χ1) is 14.2. The average Bonchev–Trinajstić information content (AvgIpc) is 3.21. The van der Waals surface area contributed by atoms with Gasteiger partial charge in [-0.3, -0.25) is 0 Å². The van der Waals surface area contributed by atoms with Crippen LogP contribution in [0.4, 0.5) is 17.5 Å². The van der Waals surface area contributed by atoms with Crippen molar-refractivity contribution in [2.45, 2.75) is 13.5 Å². The molecule has 1 aliphatic rings. The number of ether oxygens (including phenoxy) is 3. The first-order valence-electron chi connectivity index (χ1n) is 9.21. The van der Waals surface area contributed by atoms with Crippen LogP contribution in [0.3, 0.4) is 0 Å². The standard InChI is InChI=1S/C21H20N4O4/c1-2-27-20(26)15-5-3-4-6-16(15)24-21-22-10-9-19(25-21)23-12-14-7-8-17-18(11-14)29-13-28-17/h3-11H,2,12-13H2,1H3,(H2,22,23,24,25). The summed E-state index contributed by atoms with van der Waals surface area (Å²) in [5.74, 6) is 2.12. The van der Waals surface area contributed by atoms with Crippen LogP contribution < -0.4 is 20.1 Å². The summed E-state index contributed by atoms with van der Waals surface area (Å²) in [6.07, 6.45) is 1.64. The van der Waals surface area contributed by atoms with Gasteiger partial charge in [0, 0.05) is 12.7 Å². The van der Waals surface area contributed by atoms with Crippen LogP contribution in [0.25, 0.3) is 0 Å². The van der Waals surface area contributed by atoms with Crippen molar-refractivity contribution >= 4 is 23.4 Å². The predicted molar refractivity (Wildman–Crippen MR) is 108 cm³/mol. The van der Waals surface area contributed by atoms with Crippen LogP contribution in [-0.2, 0) is 11.3 Å². The van der Waals surface area contributed by atoms with Crippen molar-refractivity contribution < 1.29 is 19.0 Å². The van der Waals surface area contributed by atoms with Crippen LogP contribution in [0.2, 0.25) is 0 Å². The molecule has 0 fully saturated rings. The lowest BCUT2D eigenvalue weighted by molar-refractivity contribution is 0.0527. The summed E-state index contributed by atoms with van der Waals surface area (Å²) < 4.78 is 15.8. The van der Waals surface area contributed by atoms with E-state index < -0.39 is 5.97 Å². The van der Waals surface area contributed by atoms with Crippen LogP contribution in [-0.4, -0.2) is 29.3 Å². The molecule has 1 aromatic heterocycles. The highest BCUT2D eigenvalue weighted by molar-refractivity contribution is 5.96. The van der Waals surface area contributed by atoms with Gasteiger partial charge < -0.3 is 24.8 Å². The number of esters is 1. The average molecular weight is 392 g/mol. The van der Waals surface area contributed by atoms with Gasteiger partial charge in [0.2, 0.25) is 12.7 Å². The van der Waals surface area contributed by atoms with Gasteiger partial charge in [0.25, 0.3) is 0 Å². The molecule has 2 aromatic carbocycles. The molecule has 0 atom stereocenters. The monoisotopic (exact) mass is 392 g/mol. The molecule has 8 nitrogen and oxygen atoms in total. The molecule has 0 unspecified atom stereocenters. The van der Waals surface area contributed by atoms with E-state index in [2.05, 4.69) is 20.6 Å². The summed E-state index contributed by atoms with van der Waals surface area (Å²) >= 11 is 0. The highest BCUT2D eigenvalue weighted by Crippen LogP contribution is 2.32. The van der Waals surface area contributed by atoms with Gasteiger partial charge in [0.1, 0.15) is 5.82 Å². The Morgan fingerprint density at radius 1 is 1.14 bits per heavy atom. The van der Waals surface area contributed by atoms with Crippen LogP contribution in [0.15, 0.2) is 54.7 Å². The number of carbonyl (C=O) groups is 1. The third kappa shape index (κ3) is 4.37. The minimum Gasteiger partial charge on any atom is -0.462 e. The number of nitrogens with one attached hydrogen (secondary N) is 2. The maximum absolute atomic E-state index is 12.1. The fourth-order valence-electron chi connectivity index (χ4n) is 2.86. The van der Waals surface area contributed by atoms with E-state index in [4.69, 9.17) is 14.2 Å². The molecule has 29 heavy (non-hydrogen) atoms. The quantitative estimate of drug-likeness (QED) is 0.587. The van der Waals surface area contributed by atoms with Crippen molar-refractivity contribution in [2.75, 3.05) is 24.0 Å². The number of carbonyl (C=O) groups excluding carboxylic acids is 1. The first kappa shape index (κ1) is 18.5. The smallest absolute Gasteiger partial charge is 0.340 e. The molecule has 1 aliphatic heterocycles. The zero-order chi connectivity index (χ0) is 20.1. The summed E-state index contributed by atoms with van der Waals surface area (Å²) in [7, 11) is 0. The predicted octanol–water partition coefficient (Wildman–Crippen LogP) is 3.74. The zero-order valence-electron chi connectivity index (χ0n) is 15.8. The van der Waals surface area contributed by atoms with E-state index in [0.717, 1.165) is 17.1 Å². The third-order valence-corrected chi connectivity index (χ3v) is 4.24. The molecule has 0 spiro atoms. The topological polar surface area (TPSA) is 94.6 Å². The number of aromatic nitrogens is 2. The largest absolute Gasteiger partial charge is 0.462 e. The molecular weight excluding hydrogens is 372 g/mol. The molecule has 148 valence electrons. The Bertz CT molecular complexity index is 1030. The van der Waals surface area contributed by atoms with E-state index in [1.807, 2.05) is 24.3 Å². The highest BCUT2D eigenvalue weighted by atomic mass is 16.7. The maximum Gasteiger partial charge on any atom is 0.340 e. The maximum atomic E-state index is 12.1. The van der Waals surface area contributed by atoms with E-state index in [1.54, 1.807) is 37.4 Å². The zero-order valence-corrected chi connectivity index (χ0v) is 15.8. The second kappa shape index (κ2) is 8.47. The van der Waals surface area contributed by atoms with E-state index >= 15 is 0 Å². The Morgan fingerprint density at radius 2 is 2.00 bits per heavy atom. The SMILES string of the molecule is CCOC(=O)c1ccccc1Nc1nccc(NCc2ccc3c(c2)OCO3)n1. The van der Waals surface area contributed by atoms with Gasteiger partial charge in [-0.1, -0.05) is 18.2 Å². The van der Waals surface area contributed by atoms with E-state index in [0.29, 0.717) is 36.2 Å². The van der Waals surface area contributed by atoms with Crippen molar-refractivity contribution in [3.05, 3.63) is 65.9 Å². The number of anilines is 3. The molecule has 2 heterocycles. The summed E-state index contributed by atoms with van der Waals surface area (Å²) in [5.41, 5.74) is 2.05. The van der Waals surface area contributed by atoms with Gasteiger partial charge in [-0.2, -0.15) is 4.98 Å². The highest BCUT2D eigenvalue weighted by Gasteiger charge is 2.14. The molecule has 0 bridgehead atoms. The second-order valence-electron chi connectivity index (χ2n) is 6.20. The molecule has 4 rings (SSSR count). The molecular formula is C21H20N4O4. The van der Waals surface area contributed by atoms with E-state index in [1.165, 1.54) is 0 Å². The molecule has 3 aromatic rings. The van der Waals surface area contributed by atoms with Crippen molar-refractivity contribution in [3.63, 3.8) is 0 Å². The summed E-state index contributed by atoms with van der Waals surface area (Å²) in [5, 5.41) is 6.34. The third-order valence-electron chi connectivity index (χ3n) is 4.24. The van der Waals surface area contributed by atoms with Gasteiger partial charge in [0.05, 0.1) is 17.9 Å². The molecule has 0 aliphatic carbocycles. The van der Waals surface area contributed by atoms with Gasteiger partial charge in [-0.05, 0) is 42.8 Å². The molecule has 0 radical (unpaired) electrons. The lowest BCUT2D eigenvalue weighted by Gasteiger charge is -2.11. The molecule has 0 amide bonds. The number of benzene rings is 2. The normalized spacial score (nSPS) is 11.8. The Morgan fingerprint density at radius 3 is 2.90 bits per heavy atom. The number of nitrogens with zero attached hydrogens (tertiary/aromatic N) is 2. The van der Waals surface area contributed by atoms with Crippen LogP contribution >= 0.6 is 0 Å². The Balaban J connectivity index is 1.45. The summed E-state index contributed by atoms with van der Waals surface area (Å²) in [6.45, 7) is 2.89. The number of para-hydroxylation sites is 1. The number of hydrogen-bond donors (Lipinski definition) is 2. The lowest BCUT2D eigenvalue weighted by Crippen LogP contribution is -2.09. The van der Waals surface area contributed by atoms with Crippen LogP contribution in [0, 0.1) is 0 Å².